The van der Waals surface area contributed by atoms with Gasteiger partial charge in [-0.2, -0.15) is 5.26 Å². The second kappa shape index (κ2) is 8.38. The standard InChI is InChI=1S/C23H24N4O2/c1-17-20-15-19(29-16-18-5-3-2-4-6-18)7-8-21(20)25-22(17)23(28)27-13-11-26(10-9-24)12-14-27/h2-8,15,25H,10-14,16H2,1H3/p+1. The number of nitrogens with one attached hydrogen (secondary N) is 2. The molecule has 29 heavy (non-hydrogen) atoms. The summed E-state index contributed by atoms with van der Waals surface area (Å²) in [5.41, 5.74) is 3.64. The number of fused-ring (bicyclic) bond motifs is 1. The van der Waals surface area contributed by atoms with Crippen LogP contribution in [0, 0.1) is 18.3 Å². The van der Waals surface area contributed by atoms with Gasteiger partial charge in [0.25, 0.3) is 5.91 Å². The number of amides is 1. The molecule has 6 heteroatoms. The maximum Gasteiger partial charge on any atom is 0.270 e. The van der Waals surface area contributed by atoms with E-state index in [-0.39, 0.29) is 5.91 Å². The summed E-state index contributed by atoms with van der Waals surface area (Å²) in [6, 6.07) is 18.2. The van der Waals surface area contributed by atoms with Crippen LogP contribution in [0.1, 0.15) is 21.6 Å². The second-order valence-corrected chi connectivity index (χ2v) is 7.48. The number of nitriles is 1. The molecule has 4 rings (SSSR count). The fraction of sp³-hybridized carbons (Fsp3) is 0.304. The van der Waals surface area contributed by atoms with Crippen molar-refractivity contribution in [3.8, 4) is 11.8 Å². The van der Waals surface area contributed by atoms with Crippen molar-refractivity contribution in [2.45, 2.75) is 13.5 Å². The highest BCUT2D eigenvalue weighted by Gasteiger charge is 2.26. The normalized spacial score (nSPS) is 14.7. The van der Waals surface area contributed by atoms with Gasteiger partial charge in [-0.1, -0.05) is 30.3 Å². The van der Waals surface area contributed by atoms with E-state index in [0.29, 0.717) is 31.9 Å². The lowest BCUT2D eigenvalue weighted by Gasteiger charge is -2.30. The van der Waals surface area contributed by atoms with E-state index in [1.165, 1.54) is 4.90 Å². The van der Waals surface area contributed by atoms with Gasteiger partial charge in [0.1, 0.15) is 24.1 Å². The molecule has 1 aliphatic heterocycles. The molecule has 1 fully saturated rings. The Labute approximate surface area is 170 Å². The number of hydrogen-bond acceptors (Lipinski definition) is 3. The zero-order valence-electron chi connectivity index (χ0n) is 16.6. The monoisotopic (exact) mass is 389 g/mol. The summed E-state index contributed by atoms with van der Waals surface area (Å²) in [5.74, 6) is 0.817. The molecule has 2 N–H and O–H groups in total. The number of hydrogen-bond donors (Lipinski definition) is 2. The van der Waals surface area contributed by atoms with Gasteiger partial charge in [-0.15, -0.1) is 0 Å². The van der Waals surface area contributed by atoms with Gasteiger partial charge in [0.05, 0.1) is 26.2 Å². The molecule has 0 atom stereocenters. The number of aromatic nitrogens is 1. The molecule has 0 saturated carbocycles. The number of carbonyl (C=O) groups excluding carboxylic acids is 1. The zero-order chi connectivity index (χ0) is 20.2. The van der Waals surface area contributed by atoms with E-state index in [9.17, 15) is 4.79 Å². The molecule has 6 nitrogen and oxygen atoms in total. The minimum absolute atomic E-state index is 0.0291. The SMILES string of the molecule is Cc1c(C(=O)N2CC[NH+](CC#N)CC2)[nH]c2ccc(OCc3ccccc3)cc12. The zero-order valence-corrected chi connectivity index (χ0v) is 16.6. The Morgan fingerprint density at radius 3 is 2.69 bits per heavy atom. The van der Waals surface area contributed by atoms with Crippen LogP contribution < -0.4 is 9.64 Å². The molecule has 3 aromatic rings. The fourth-order valence-electron chi connectivity index (χ4n) is 3.82. The lowest BCUT2D eigenvalue weighted by molar-refractivity contribution is -0.896. The molecule has 0 aliphatic carbocycles. The van der Waals surface area contributed by atoms with Gasteiger partial charge in [0, 0.05) is 10.9 Å². The van der Waals surface area contributed by atoms with Crippen LogP contribution in [-0.2, 0) is 6.61 Å². The molecule has 1 aliphatic rings. The smallest absolute Gasteiger partial charge is 0.270 e. The molecule has 0 unspecified atom stereocenters. The summed E-state index contributed by atoms with van der Waals surface area (Å²) < 4.78 is 5.94. The Hall–Kier alpha value is -3.30. The summed E-state index contributed by atoms with van der Waals surface area (Å²) in [6.45, 7) is 5.97. The third kappa shape index (κ3) is 4.10. The lowest BCUT2D eigenvalue weighted by Crippen LogP contribution is -3.14. The van der Waals surface area contributed by atoms with E-state index in [0.717, 1.165) is 40.9 Å². The second-order valence-electron chi connectivity index (χ2n) is 7.48. The predicted octanol–water partition coefficient (Wildman–Crippen LogP) is 1.92. The van der Waals surface area contributed by atoms with Crippen LogP contribution in [0.4, 0.5) is 0 Å². The van der Waals surface area contributed by atoms with Crippen molar-refractivity contribution < 1.29 is 14.4 Å². The van der Waals surface area contributed by atoms with E-state index in [1.807, 2.05) is 60.4 Å². The molecule has 1 aromatic heterocycles. The van der Waals surface area contributed by atoms with E-state index in [1.54, 1.807) is 0 Å². The maximum atomic E-state index is 13.0. The summed E-state index contributed by atoms with van der Waals surface area (Å²) in [7, 11) is 0. The van der Waals surface area contributed by atoms with Crippen molar-refractivity contribution in [2.24, 2.45) is 0 Å². The number of aromatic amines is 1. The van der Waals surface area contributed by atoms with Gasteiger partial charge in [-0.05, 0) is 36.2 Å². The van der Waals surface area contributed by atoms with Crippen LogP contribution in [-0.4, -0.2) is 48.5 Å². The van der Waals surface area contributed by atoms with Crippen molar-refractivity contribution in [3.05, 3.63) is 65.4 Å². The Balaban J connectivity index is 1.49. The van der Waals surface area contributed by atoms with Crippen LogP contribution in [0.25, 0.3) is 10.9 Å². The van der Waals surface area contributed by atoms with Gasteiger partial charge >= 0.3 is 0 Å². The van der Waals surface area contributed by atoms with Crippen LogP contribution in [0.3, 0.4) is 0 Å². The number of aryl methyl sites for hydroxylation is 1. The number of rotatable bonds is 5. The van der Waals surface area contributed by atoms with Crippen LogP contribution >= 0.6 is 0 Å². The van der Waals surface area contributed by atoms with Gasteiger partial charge < -0.3 is 19.5 Å². The summed E-state index contributed by atoms with van der Waals surface area (Å²) in [6.07, 6.45) is 0. The van der Waals surface area contributed by atoms with E-state index in [4.69, 9.17) is 10.00 Å². The number of nitrogens with zero attached hydrogens (tertiary/aromatic N) is 2. The van der Waals surface area contributed by atoms with Gasteiger partial charge in [0.15, 0.2) is 6.54 Å². The van der Waals surface area contributed by atoms with Crippen molar-refractivity contribution in [3.63, 3.8) is 0 Å². The van der Waals surface area contributed by atoms with Gasteiger partial charge in [-0.3, -0.25) is 4.79 Å². The highest BCUT2D eigenvalue weighted by Crippen LogP contribution is 2.27. The Morgan fingerprint density at radius 1 is 1.21 bits per heavy atom. The third-order valence-electron chi connectivity index (χ3n) is 5.58. The molecule has 2 aromatic carbocycles. The molecular weight excluding hydrogens is 364 g/mol. The Bertz CT molecular complexity index is 1040. The number of H-pyrrole nitrogens is 1. The van der Waals surface area contributed by atoms with Crippen LogP contribution in [0.15, 0.2) is 48.5 Å². The first-order valence-electron chi connectivity index (χ1n) is 9.94. The average Bonchev–Trinajstić information content (AvgIpc) is 3.09. The molecule has 0 bridgehead atoms. The fourth-order valence-corrected chi connectivity index (χ4v) is 3.82. The van der Waals surface area contributed by atoms with Crippen molar-refractivity contribution in [1.29, 1.82) is 5.26 Å². The highest BCUT2D eigenvalue weighted by atomic mass is 16.5. The van der Waals surface area contributed by atoms with E-state index in [2.05, 4.69) is 11.1 Å². The summed E-state index contributed by atoms with van der Waals surface area (Å²) >= 11 is 0. The van der Waals surface area contributed by atoms with Crippen LogP contribution in [0.5, 0.6) is 5.75 Å². The largest absolute Gasteiger partial charge is 0.489 e. The molecule has 2 heterocycles. The minimum atomic E-state index is 0.0291. The lowest BCUT2D eigenvalue weighted by atomic mass is 10.1. The Kier molecular flexibility index (Phi) is 5.50. The molecule has 1 amide bonds. The summed E-state index contributed by atoms with van der Waals surface area (Å²) in [5, 5.41) is 9.85. The number of quaternary nitrogens is 1. The molecule has 148 valence electrons. The number of ether oxygens (including phenoxy) is 1. The first kappa shape index (κ1) is 19.0. The first-order valence-corrected chi connectivity index (χ1v) is 9.94. The molecule has 0 radical (unpaired) electrons. The topological polar surface area (TPSA) is 73.6 Å². The predicted molar refractivity (Wildman–Crippen MR) is 111 cm³/mol. The van der Waals surface area contributed by atoms with Crippen LogP contribution in [0.2, 0.25) is 0 Å². The quantitative estimate of drug-likeness (QED) is 0.655. The molecule has 1 saturated heterocycles. The highest BCUT2D eigenvalue weighted by molar-refractivity contribution is 6.01. The van der Waals surface area contributed by atoms with Crippen molar-refractivity contribution >= 4 is 16.8 Å². The summed E-state index contributed by atoms with van der Waals surface area (Å²) in [4.78, 5) is 19.5. The maximum absolute atomic E-state index is 13.0. The number of piperazine rings is 1. The molecular formula is C23H25N4O2+. The van der Waals surface area contributed by atoms with Crippen molar-refractivity contribution in [1.82, 2.24) is 9.88 Å². The third-order valence-corrected chi connectivity index (χ3v) is 5.58. The van der Waals surface area contributed by atoms with E-state index >= 15 is 0 Å². The van der Waals surface area contributed by atoms with Crippen molar-refractivity contribution in [2.75, 3.05) is 32.7 Å². The number of benzene rings is 2. The molecule has 0 spiro atoms. The number of carbonyl (C=O) groups is 1. The average molecular weight is 389 g/mol. The van der Waals surface area contributed by atoms with Gasteiger partial charge in [0.2, 0.25) is 0 Å². The minimum Gasteiger partial charge on any atom is -0.489 e. The Morgan fingerprint density at radius 2 is 1.97 bits per heavy atom. The van der Waals surface area contributed by atoms with Gasteiger partial charge in [-0.25, -0.2) is 0 Å². The first-order chi connectivity index (χ1) is 14.2. The van der Waals surface area contributed by atoms with E-state index < -0.39 is 0 Å².